The molecule has 5 heteroatoms. The van der Waals surface area contributed by atoms with E-state index in [4.69, 9.17) is 5.73 Å². The third kappa shape index (κ3) is 2.48. The van der Waals surface area contributed by atoms with Gasteiger partial charge in [0.2, 0.25) is 0 Å². The van der Waals surface area contributed by atoms with E-state index in [1.165, 1.54) is 12.0 Å². The van der Waals surface area contributed by atoms with Crippen molar-refractivity contribution >= 4 is 11.5 Å². The number of hydrogen-bond donors (Lipinski definition) is 1. The fraction of sp³-hybridized carbons (Fsp3) is 0.500. The van der Waals surface area contributed by atoms with Crippen LogP contribution in [0.1, 0.15) is 43.5 Å². The molecule has 1 atom stereocenters. The van der Waals surface area contributed by atoms with Gasteiger partial charge in [0, 0.05) is 25.5 Å². The van der Waals surface area contributed by atoms with Crippen LogP contribution < -0.4 is 10.6 Å². The zero-order chi connectivity index (χ0) is 14.8. The van der Waals surface area contributed by atoms with Crippen molar-refractivity contribution in [2.24, 2.45) is 0 Å². The van der Waals surface area contributed by atoms with Crippen LogP contribution in [-0.4, -0.2) is 21.3 Å². The van der Waals surface area contributed by atoms with E-state index in [-0.39, 0.29) is 0 Å². The van der Waals surface area contributed by atoms with Gasteiger partial charge in [-0.1, -0.05) is 6.92 Å². The van der Waals surface area contributed by atoms with E-state index in [9.17, 15) is 0 Å². The number of nitrogens with zero attached hydrogens (tertiary/aromatic N) is 4. The van der Waals surface area contributed by atoms with Crippen LogP contribution >= 0.6 is 0 Å². The number of hydrogen-bond acceptors (Lipinski definition) is 4. The van der Waals surface area contributed by atoms with Gasteiger partial charge in [-0.25, -0.2) is 4.68 Å². The molecular weight excluding hydrogens is 262 g/mol. The first kappa shape index (κ1) is 13.9. The summed E-state index contributed by atoms with van der Waals surface area (Å²) in [7, 11) is 0. The molecule has 112 valence electrons. The third-order valence-electron chi connectivity index (χ3n) is 4.20. The summed E-state index contributed by atoms with van der Waals surface area (Å²) in [5.41, 5.74) is 9.38. The van der Waals surface area contributed by atoms with Gasteiger partial charge in [0.05, 0.1) is 17.4 Å². The average molecular weight is 285 g/mol. The molecule has 1 aliphatic heterocycles. The van der Waals surface area contributed by atoms with E-state index < -0.39 is 0 Å². The molecule has 0 amide bonds. The predicted octanol–water partition coefficient (Wildman–Crippen LogP) is 2.92. The Morgan fingerprint density at radius 3 is 2.81 bits per heavy atom. The first-order chi connectivity index (χ1) is 10.2. The van der Waals surface area contributed by atoms with E-state index in [1.54, 1.807) is 0 Å². The van der Waals surface area contributed by atoms with Crippen molar-refractivity contribution in [3.63, 3.8) is 0 Å². The topological polar surface area (TPSA) is 60.0 Å². The maximum absolute atomic E-state index is 6.32. The minimum absolute atomic E-state index is 0.377. The number of rotatable bonds is 4. The number of nitrogen functional groups attached to an aromatic ring is 1. The maximum Gasteiger partial charge on any atom is 0.151 e. The Kier molecular flexibility index (Phi) is 3.82. The Bertz CT molecular complexity index is 605. The van der Waals surface area contributed by atoms with Crippen LogP contribution in [0.25, 0.3) is 0 Å². The third-order valence-corrected chi connectivity index (χ3v) is 4.20. The Balaban J connectivity index is 1.99. The first-order valence-corrected chi connectivity index (χ1v) is 7.71. The van der Waals surface area contributed by atoms with Crippen molar-refractivity contribution < 1.29 is 0 Å². The van der Waals surface area contributed by atoms with Gasteiger partial charge >= 0.3 is 0 Å². The van der Waals surface area contributed by atoms with E-state index in [0.29, 0.717) is 6.04 Å². The Morgan fingerprint density at radius 1 is 1.33 bits per heavy atom. The molecule has 2 N–H and O–H groups in total. The van der Waals surface area contributed by atoms with E-state index in [2.05, 4.69) is 38.7 Å². The molecule has 1 fully saturated rings. The second-order valence-corrected chi connectivity index (χ2v) is 5.68. The minimum Gasteiger partial charge on any atom is -0.394 e. The molecule has 3 heterocycles. The standard InChI is InChI=1S/C16H23N5/c1-3-10-21-16(15(17)12(2)19-21)20-11-4-5-14(20)13-6-8-18-9-7-13/h6-9,14H,3-5,10-11,17H2,1-2H3. The van der Waals surface area contributed by atoms with Gasteiger partial charge in [0.15, 0.2) is 5.82 Å². The summed E-state index contributed by atoms with van der Waals surface area (Å²) in [4.78, 5) is 6.54. The van der Waals surface area contributed by atoms with Crippen LogP contribution in [0.3, 0.4) is 0 Å². The van der Waals surface area contributed by atoms with Crippen LogP contribution in [0.15, 0.2) is 24.5 Å². The minimum atomic E-state index is 0.377. The molecule has 2 aromatic heterocycles. The van der Waals surface area contributed by atoms with Gasteiger partial charge in [0.25, 0.3) is 0 Å². The summed E-state index contributed by atoms with van der Waals surface area (Å²) in [6, 6.07) is 4.58. The number of aryl methyl sites for hydroxylation is 2. The van der Waals surface area contributed by atoms with Gasteiger partial charge < -0.3 is 10.6 Å². The Hall–Kier alpha value is -2.04. The Morgan fingerprint density at radius 2 is 2.10 bits per heavy atom. The van der Waals surface area contributed by atoms with Crippen LogP contribution in [0.5, 0.6) is 0 Å². The van der Waals surface area contributed by atoms with Crippen LogP contribution in [0.4, 0.5) is 11.5 Å². The molecule has 0 radical (unpaired) electrons. The van der Waals surface area contributed by atoms with Gasteiger partial charge in [-0.2, -0.15) is 5.10 Å². The number of anilines is 2. The van der Waals surface area contributed by atoms with Crippen molar-refractivity contribution in [1.82, 2.24) is 14.8 Å². The van der Waals surface area contributed by atoms with Crippen molar-refractivity contribution in [3.8, 4) is 0 Å². The van der Waals surface area contributed by atoms with Crippen LogP contribution in [0, 0.1) is 6.92 Å². The highest BCUT2D eigenvalue weighted by Crippen LogP contribution is 2.39. The quantitative estimate of drug-likeness (QED) is 0.938. The summed E-state index contributed by atoms with van der Waals surface area (Å²) >= 11 is 0. The van der Waals surface area contributed by atoms with Crippen LogP contribution in [-0.2, 0) is 6.54 Å². The molecule has 1 aliphatic rings. The van der Waals surface area contributed by atoms with Gasteiger partial charge in [-0.15, -0.1) is 0 Å². The molecule has 0 aliphatic carbocycles. The van der Waals surface area contributed by atoms with E-state index in [0.717, 1.165) is 43.1 Å². The largest absolute Gasteiger partial charge is 0.394 e. The van der Waals surface area contributed by atoms with Gasteiger partial charge in [-0.05, 0) is 43.9 Å². The second kappa shape index (κ2) is 5.76. The van der Waals surface area contributed by atoms with Crippen molar-refractivity contribution in [2.75, 3.05) is 17.2 Å². The number of pyridine rings is 1. The highest BCUT2D eigenvalue weighted by molar-refractivity contribution is 5.67. The van der Waals surface area contributed by atoms with Gasteiger partial charge in [0.1, 0.15) is 0 Å². The Labute approximate surface area is 125 Å². The first-order valence-electron chi connectivity index (χ1n) is 7.71. The molecular formula is C16H23N5. The van der Waals surface area contributed by atoms with E-state index >= 15 is 0 Å². The molecule has 0 spiro atoms. The van der Waals surface area contributed by atoms with Crippen LogP contribution in [0.2, 0.25) is 0 Å². The summed E-state index contributed by atoms with van der Waals surface area (Å²) < 4.78 is 2.07. The molecule has 2 aromatic rings. The molecule has 1 saturated heterocycles. The lowest BCUT2D eigenvalue weighted by atomic mass is 10.1. The fourth-order valence-corrected chi connectivity index (χ4v) is 3.21. The fourth-order valence-electron chi connectivity index (χ4n) is 3.21. The zero-order valence-corrected chi connectivity index (χ0v) is 12.8. The maximum atomic E-state index is 6.32. The number of aromatic nitrogens is 3. The summed E-state index contributed by atoms with van der Waals surface area (Å²) in [5.74, 6) is 1.09. The highest BCUT2D eigenvalue weighted by Gasteiger charge is 2.30. The molecule has 0 aromatic carbocycles. The van der Waals surface area contributed by atoms with Crippen molar-refractivity contribution in [3.05, 3.63) is 35.8 Å². The molecule has 21 heavy (non-hydrogen) atoms. The molecule has 0 bridgehead atoms. The summed E-state index contributed by atoms with van der Waals surface area (Å²) in [5, 5.41) is 4.61. The highest BCUT2D eigenvalue weighted by atomic mass is 15.4. The summed E-state index contributed by atoms with van der Waals surface area (Å²) in [6.07, 6.45) is 7.12. The predicted molar refractivity (Wildman–Crippen MR) is 85.2 cm³/mol. The molecule has 1 unspecified atom stereocenters. The normalized spacial score (nSPS) is 18.4. The van der Waals surface area contributed by atoms with Crippen molar-refractivity contribution in [1.29, 1.82) is 0 Å². The SMILES string of the molecule is CCCn1nc(C)c(N)c1N1CCCC1c1ccncc1. The van der Waals surface area contributed by atoms with Crippen molar-refractivity contribution in [2.45, 2.75) is 45.7 Å². The molecule has 3 rings (SSSR count). The second-order valence-electron chi connectivity index (χ2n) is 5.68. The lowest BCUT2D eigenvalue weighted by Crippen LogP contribution is -2.26. The number of nitrogens with two attached hydrogens (primary N) is 1. The molecule has 0 saturated carbocycles. The summed E-state index contributed by atoms with van der Waals surface area (Å²) in [6.45, 7) is 6.10. The van der Waals surface area contributed by atoms with E-state index in [1.807, 2.05) is 19.3 Å². The average Bonchev–Trinajstić information content (AvgIpc) is 3.06. The van der Waals surface area contributed by atoms with Gasteiger partial charge in [-0.3, -0.25) is 4.98 Å². The lowest BCUT2D eigenvalue weighted by molar-refractivity contribution is 0.579. The smallest absolute Gasteiger partial charge is 0.151 e. The monoisotopic (exact) mass is 285 g/mol. The molecule has 5 nitrogen and oxygen atoms in total. The lowest BCUT2D eigenvalue weighted by Gasteiger charge is -2.28. The zero-order valence-electron chi connectivity index (χ0n) is 12.8.